The van der Waals surface area contributed by atoms with Crippen molar-refractivity contribution >= 4 is 39.4 Å². The van der Waals surface area contributed by atoms with Crippen molar-refractivity contribution in [3.63, 3.8) is 0 Å². The van der Waals surface area contributed by atoms with Crippen LogP contribution in [0.5, 0.6) is 0 Å². The van der Waals surface area contributed by atoms with E-state index in [-0.39, 0.29) is 0 Å². The molecule has 0 saturated heterocycles. The van der Waals surface area contributed by atoms with Crippen LogP contribution in [0.4, 0.5) is 10.6 Å². The Bertz CT molecular complexity index is 346. The van der Waals surface area contributed by atoms with E-state index in [0.717, 1.165) is 0 Å². The number of pyridine rings is 1. The van der Waals surface area contributed by atoms with Crippen molar-refractivity contribution in [2.45, 2.75) is 6.92 Å². The van der Waals surface area contributed by atoms with Gasteiger partial charge >= 0.3 is 6.09 Å². The van der Waals surface area contributed by atoms with E-state index in [9.17, 15) is 4.79 Å². The molecule has 1 N–H and O–H groups in total. The van der Waals surface area contributed by atoms with E-state index in [1.165, 1.54) is 6.20 Å². The Kier molecular flexibility index (Phi) is 4.16. The van der Waals surface area contributed by atoms with Gasteiger partial charge in [0.1, 0.15) is 5.82 Å². The third-order valence-electron chi connectivity index (χ3n) is 1.30. The number of carbonyl (C=O) groups excluding carboxylic acids is 1. The summed E-state index contributed by atoms with van der Waals surface area (Å²) in [5.74, 6) is 0.382. The van der Waals surface area contributed by atoms with Crippen LogP contribution in [0.3, 0.4) is 0 Å². The lowest BCUT2D eigenvalue weighted by atomic mass is 10.4. The number of rotatable bonds is 2. The van der Waals surface area contributed by atoms with Crippen LogP contribution in [0.25, 0.3) is 0 Å². The van der Waals surface area contributed by atoms with Crippen molar-refractivity contribution in [2.75, 3.05) is 11.9 Å². The summed E-state index contributed by atoms with van der Waals surface area (Å²) in [5.41, 5.74) is 0. The van der Waals surface area contributed by atoms with E-state index in [0.29, 0.717) is 21.9 Å². The first kappa shape index (κ1) is 11.3. The molecule has 0 atom stereocenters. The largest absolute Gasteiger partial charge is 0.450 e. The molecule has 0 radical (unpaired) electrons. The van der Waals surface area contributed by atoms with Crippen molar-refractivity contribution < 1.29 is 9.53 Å². The molecule has 0 saturated carbocycles. The SMILES string of the molecule is CCOC(=O)Nc1ncc(Cl)cc1Br. The van der Waals surface area contributed by atoms with Gasteiger partial charge < -0.3 is 4.74 Å². The van der Waals surface area contributed by atoms with Gasteiger partial charge in [-0.3, -0.25) is 5.32 Å². The molecule has 6 heteroatoms. The molecular weight excluding hydrogens is 271 g/mol. The fourth-order valence-corrected chi connectivity index (χ4v) is 1.51. The van der Waals surface area contributed by atoms with Gasteiger partial charge in [-0.05, 0) is 28.9 Å². The van der Waals surface area contributed by atoms with Gasteiger partial charge in [0.15, 0.2) is 0 Å². The minimum Gasteiger partial charge on any atom is -0.450 e. The number of carbonyl (C=O) groups is 1. The molecule has 0 aromatic carbocycles. The van der Waals surface area contributed by atoms with Crippen LogP contribution in [0.1, 0.15) is 6.92 Å². The molecule has 0 unspecified atom stereocenters. The summed E-state index contributed by atoms with van der Waals surface area (Å²) < 4.78 is 5.30. The first-order chi connectivity index (χ1) is 6.63. The maximum absolute atomic E-state index is 11.0. The lowest BCUT2D eigenvalue weighted by molar-refractivity contribution is 0.168. The molecule has 0 bridgehead atoms. The van der Waals surface area contributed by atoms with Crippen molar-refractivity contribution in [1.29, 1.82) is 0 Å². The molecule has 0 aliphatic rings. The molecule has 14 heavy (non-hydrogen) atoms. The third-order valence-corrected chi connectivity index (χ3v) is 2.11. The van der Waals surface area contributed by atoms with Crippen LogP contribution in [0.2, 0.25) is 5.02 Å². The Balaban J connectivity index is 2.72. The number of halogens is 2. The molecule has 0 aliphatic carbocycles. The molecule has 0 aliphatic heterocycles. The quantitative estimate of drug-likeness (QED) is 0.905. The van der Waals surface area contributed by atoms with Gasteiger partial charge in [0.25, 0.3) is 0 Å². The summed E-state index contributed by atoms with van der Waals surface area (Å²) in [6.07, 6.45) is 0.899. The number of hydrogen-bond donors (Lipinski definition) is 1. The second kappa shape index (κ2) is 5.17. The average Bonchev–Trinajstić information content (AvgIpc) is 2.10. The summed E-state index contributed by atoms with van der Waals surface area (Å²) in [7, 11) is 0. The number of amides is 1. The maximum atomic E-state index is 11.0. The van der Waals surface area contributed by atoms with E-state index in [4.69, 9.17) is 11.6 Å². The Morgan fingerprint density at radius 2 is 2.50 bits per heavy atom. The predicted molar refractivity (Wildman–Crippen MR) is 57.6 cm³/mol. The standard InChI is InChI=1S/C8H8BrClN2O2/c1-2-14-8(13)12-7-6(9)3-5(10)4-11-7/h3-4H,2H2,1H3,(H,11,12,13). The molecule has 1 rings (SSSR count). The predicted octanol–water partition coefficient (Wildman–Crippen LogP) is 3.07. The molecule has 1 aromatic rings. The van der Waals surface area contributed by atoms with E-state index < -0.39 is 6.09 Å². The molecule has 4 nitrogen and oxygen atoms in total. The Hall–Kier alpha value is -0.810. The van der Waals surface area contributed by atoms with Gasteiger partial charge in [-0.15, -0.1) is 0 Å². The van der Waals surface area contributed by atoms with E-state index in [2.05, 4.69) is 31.0 Å². The van der Waals surface area contributed by atoms with Gasteiger partial charge in [-0.1, -0.05) is 11.6 Å². The Morgan fingerprint density at radius 3 is 3.07 bits per heavy atom. The minimum atomic E-state index is -0.539. The van der Waals surface area contributed by atoms with E-state index in [1.54, 1.807) is 13.0 Å². The zero-order chi connectivity index (χ0) is 10.6. The van der Waals surface area contributed by atoms with Crippen LogP contribution in [0.15, 0.2) is 16.7 Å². The van der Waals surface area contributed by atoms with Gasteiger partial charge in [-0.2, -0.15) is 0 Å². The highest BCUT2D eigenvalue weighted by atomic mass is 79.9. The molecule has 0 fully saturated rings. The Morgan fingerprint density at radius 1 is 1.79 bits per heavy atom. The number of hydrogen-bond acceptors (Lipinski definition) is 3. The van der Waals surface area contributed by atoms with Crippen LogP contribution < -0.4 is 5.32 Å². The van der Waals surface area contributed by atoms with Gasteiger partial charge in [0.2, 0.25) is 0 Å². The topological polar surface area (TPSA) is 51.2 Å². The molecular formula is C8H8BrClN2O2. The highest BCUT2D eigenvalue weighted by molar-refractivity contribution is 9.10. The Labute approximate surface area is 94.7 Å². The van der Waals surface area contributed by atoms with Crippen LogP contribution in [-0.2, 0) is 4.74 Å². The lowest BCUT2D eigenvalue weighted by Gasteiger charge is -2.05. The highest BCUT2D eigenvalue weighted by Crippen LogP contribution is 2.22. The molecule has 76 valence electrons. The highest BCUT2D eigenvalue weighted by Gasteiger charge is 2.06. The summed E-state index contributed by atoms with van der Waals surface area (Å²) in [6, 6.07) is 1.64. The van der Waals surface area contributed by atoms with Gasteiger partial charge in [0.05, 0.1) is 16.1 Å². The van der Waals surface area contributed by atoms with E-state index in [1.807, 2.05) is 0 Å². The lowest BCUT2D eigenvalue weighted by Crippen LogP contribution is -2.14. The maximum Gasteiger partial charge on any atom is 0.412 e. The van der Waals surface area contributed by atoms with Crippen molar-refractivity contribution in [3.05, 3.63) is 21.8 Å². The van der Waals surface area contributed by atoms with Crippen LogP contribution in [-0.4, -0.2) is 17.7 Å². The molecule has 1 heterocycles. The van der Waals surface area contributed by atoms with Crippen molar-refractivity contribution in [3.8, 4) is 0 Å². The summed E-state index contributed by atoms with van der Waals surface area (Å²) >= 11 is 8.89. The summed E-state index contributed by atoms with van der Waals surface area (Å²) in [6.45, 7) is 2.04. The number of anilines is 1. The number of nitrogens with zero attached hydrogens (tertiary/aromatic N) is 1. The number of ether oxygens (including phenoxy) is 1. The molecule has 0 spiro atoms. The summed E-state index contributed by atoms with van der Waals surface area (Å²) in [5, 5.41) is 2.95. The number of nitrogens with one attached hydrogen (secondary N) is 1. The smallest absolute Gasteiger partial charge is 0.412 e. The van der Waals surface area contributed by atoms with Crippen molar-refractivity contribution in [2.24, 2.45) is 0 Å². The van der Waals surface area contributed by atoms with Gasteiger partial charge in [0, 0.05) is 6.20 Å². The third kappa shape index (κ3) is 3.16. The van der Waals surface area contributed by atoms with E-state index >= 15 is 0 Å². The fourth-order valence-electron chi connectivity index (χ4n) is 0.770. The monoisotopic (exact) mass is 278 g/mol. The van der Waals surface area contributed by atoms with Crippen molar-refractivity contribution in [1.82, 2.24) is 4.98 Å². The zero-order valence-electron chi connectivity index (χ0n) is 7.38. The first-order valence-corrected chi connectivity index (χ1v) is 5.05. The van der Waals surface area contributed by atoms with Crippen LogP contribution >= 0.6 is 27.5 Å². The fraction of sp³-hybridized carbons (Fsp3) is 0.250. The first-order valence-electron chi connectivity index (χ1n) is 3.88. The molecule has 1 aromatic heterocycles. The normalized spacial score (nSPS) is 9.64. The number of aromatic nitrogens is 1. The summed E-state index contributed by atoms with van der Waals surface area (Å²) in [4.78, 5) is 14.9. The molecule has 1 amide bonds. The zero-order valence-corrected chi connectivity index (χ0v) is 9.72. The van der Waals surface area contributed by atoms with Crippen LogP contribution in [0, 0.1) is 0 Å². The average molecular weight is 280 g/mol. The second-order valence-electron chi connectivity index (χ2n) is 2.33. The van der Waals surface area contributed by atoms with Gasteiger partial charge in [-0.25, -0.2) is 9.78 Å². The second-order valence-corrected chi connectivity index (χ2v) is 3.62. The minimum absolute atomic E-state index is 0.317.